The number of alkyl halides is 3. The van der Waals surface area contributed by atoms with E-state index in [9.17, 15) is 27.9 Å². The summed E-state index contributed by atoms with van der Waals surface area (Å²) in [5, 5.41) is 10.2. The smallest absolute Gasteiger partial charge is 0.416 e. The number of thiol groups is 1. The number of carboxylic acid groups (broad SMARTS) is 1. The van der Waals surface area contributed by atoms with Crippen LogP contribution in [0.3, 0.4) is 0 Å². The maximum Gasteiger partial charge on any atom is 0.416 e. The van der Waals surface area contributed by atoms with E-state index in [-0.39, 0.29) is 22.5 Å². The van der Waals surface area contributed by atoms with E-state index in [1.165, 1.54) is 29.9 Å². The largest absolute Gasteiger partial charge is 0.477 e. The second-order valence-electron chi connectivity index (χ2n) is 10.4. The summed E-state index contributed by atoms with van der Waals surface area (Å²) in [5.41, 5.74) is 4.71. The van der Waals surface area contributed by atoms with Crippen molar-refractivity contribution >= 4 is 56.2 Å². The molecule has 0 radical (unpaired) electrons. The summed E-state index contributed by atoms with van der Waals surface area (Å²) in [4.78, 5) is 29.1. The summed E-state index contributed by atoms with van der Waals surface area (Å²) in [6.07, 6.45) is 0.932. The van der Waals surface area contributed by atoms with Crippen LogP contribution in [0.15, 0.2) is 60.7 Å². The van der Waals surface area contributed by atoms with Crippen molar-refractivity contribution in [3.8, 4) is 22.5 Å². The first-order valence-electron chi connectivity index (χ1n) is 13.3. The number of nitrogens with zero attached hydrogens (tertiary/aromatic N) is 2. The molecule has 10 heteroatoms. The molecule has 0 atom stereocenters. The minimum atomic E-state index is -4.40. The van der Waals surface area contributed by atoms with Gasteiger partial charge in [-0.1, -0.05) is 43.5 Å². The van der Waals surface area contributed by atoms with Gasteiger partial charge in [0.05, 0.1) is 39.2 Å². The molecule has 1 aliphatic rings. The number of hydrogen-bond acceptors (Lipinski definition) is 4. The number of fused-ring (bicyclic) bond motifs is 2. The molecule has 0 unspecified atom stereocenters. The third-order valence-electron chi connectivity index (χ3n) is 7.76. The Bertz CT molecular complexity index is 1800. The molecular weight excluding hydrogens is 569 g/mol. The van der Waals surface area contributed by atoms with Crippen LogP contribution in [0.25, 0.3) is 43.6 Å². The van der Waals surface area contributed by atoms with Gasteiger partial charge in [-0.05, 0) is 66.3 Å². The average molecular weight is 595 g/mol. The minimum Gasteiger partial charge on any atom is -0.477 e. The molecule has 0 saturated heterocycles. The molecule has 6 rings (SSSR count). The number of aromatic nitrogens is 2. The Hall–Kier alpha value is -3.63. The van der Waals surface area contributed by atoms with Gasteiger partial charge in [0, 0.05) is 10.9 Å². The lowest BCUT2D eigenvalue weighted by atomic mass is 9.83. The molecule has 5 aromatic rings. The van der Waals surface area contributed by atoms with E-state index in [1.54, 1.807) is 12.1 Å². The van der Waals surface area contributed by atoms with Crippen molar-refractivity contribution in [2.24, 2.45) is 0 Å². The van der Waals surface area contributed by atoms with Crippen LogP contribution in [0.4, 0.5) is 13.2 Å². The molecule has 3 heterocycles. The lowest BCUT2D eigenvalue weighted by Crippen LogP contribution is -2.09. The molecule has 0 spiro atoms. The van der Waals surface area contributed by atoms with Crippen LogP contribution in [0.2, 0.25) is 0 Å². The number of carboxylic acids is 1. The normalized spacial score (nSPS) is 14.6. The van der Waals surface area contributed by atoms with E-state index >= 15 is 0 Å². The molecule has 1 fully saturated rings. The maximum atomic E-state index is 13.0. The van der Waals surface area contributed by atoms with Gasteiger partial charge in [0.2, 0.25) is 5.12 Å². The van der Waals surface area contributed by atoms with E-state index in [2.05, 4.69) is 12.6 Å². The fourth-order valence-corrected chi connectivity index (χ4v) is 7.16. The van der Waals surface area contributed by atoms with Gasteiger partial charge >= 0.3 is 12.1 Å². The lowest BCUT2D eigenvalue weighted by Gasteiger charge is -2.23. The predicted octanol–water partition coefficient (Wildman–Crippen LogP) is 8.81. The quantitative estimate of drug-likeness (QED) is 0.193. The van der Waals surface area contributed by atoms with Crippen molar-refractivity contribution in [3.63, 3.8) is 0 Å². The van der Waals surface area contributed by atoms with Crippen molar-refractivity contribution in [1.82, 2.24) is 9.55 Å². The molecule has 2 aromatic carbocycles. The Morgan fingerprint density at radius 1 is 0.976 bits per heavy atom. The zero-order valence-electron chi connectivity index (χ0n) is 21.7. The zero-order chi connectivity index (χ0) is 28.9. The van der Waals surface area contributed by atoms with Gasteiger partial charge in [-0.25, -0.2) is 9.78 Å². The van der Waals surface area contributed by atoms with E-state index in [1.807, 2.05) is 28.8 Å². The summed E-state index contributed by atoms with van der Waals surface area (Å²) in [5.74, 6) is -0.750. The topological polar surface area (TPSA) is 72.2 Å². The fourth-order valence-electron chi connectivity index (χ4n) is 5.90. The van der Waals surface area contributed by atoms with E-state index < -0.39 is 17.7 Å². The first-order chi connectivity index (χ1) is 19.6. The van der Waals surface area contributed by atoms with Crippen LogP contribution in [-0.2, 0) is 17.5 Å². The SMILES string of the molecule is O=C(S)Cn1c(-c2ccc3nc(-c4ccc(C(F)(F)F)cc4)ccc3c2)c(C2CCCCC2)c2sc(C(=O)O)cc21. The van der Waals surface area contributed by atoms with Crippen molar-refractivity contribution in [3.05, 3.63) is 76.7 Å². The van der Waals surface area contributed by atoms with Gasteiger partial charge in [-0.3, -0.25) is 4.79 Å². The summed E-state index contributed by atoms with van der Waals surface area (Å²) in [6.45, 7) is 0.000598. The summed E-state index contributed by atoms with van der Waals surface area (Å²) in [6, 6.07) is 16.1. The van der Waals surface area contributed by atoms with E-state index in [0.717, 1.165) is 70.2 Å². The molecule has 41 heavy (non-hydrogen) atoms. The second kappa shape index (κ2) is 10.6. The fraction of sp³-hybridized carbons (Fsp3) is 0.258. The first-order valence-corrected chi connectivity index (χ1v) is 14.6. The Labute approximate surface area is 243 Å². The monoisotopic (exact) mass is 594 g/mol. The molecule has 3 aromatic heterocycles. The van der Waals surface area contributed by atoms with Crippen LogP contribution >= 0.6 is 24.0 Å². The third kappa shape index (κ3) is 5.26. The Morgan fingerprint density at radius 3 is 2.34 bits per heavy atom. The number of rotatable bonds is 6. The molecule has 1 saturated carbocycles. The molecule has 1 aliphatic carbocycles. The molecule has 0 amide bonds. The van der Waals surface area contributed by atoms with Crippen LogP contribution < -0.4 is 0 Å². The van der Waals surface area contributed by atoms with Crippen LogP contribution in [0.1, 0.15) is 58.8 Å². The molecule has 0 bridgehead atoms. The highest BCUT2D eigenvalue weighted by Gasteiger charge is 2.31. The zero-order valence-corrected chi connectivity index (χ0v) is 23.5. The Morgan fingerprint density at radius 2 is 1.68 bits per heavy atom. The van der Waals surface area contributed by atoms with Crippen molar-refractivity contribution < 1.29 is 27.9 Å². The highest BCUT2D eigenvalue weighted by Crippen LogP contribution is 2.47. The molecule has 210 valence electrons. The van der Waals surface area contributed by atoms with E-state index in [4.69, 9.17) is 4.98 Å². The van der Waals surface area contributed by atoms with Gasteiger partial charge < -0.3 is 9.67 Å². The van der Waals surface area contributed by atoms with Crippen LogP contribution in [0, 0.1) is 0 Å². The predicted molar refractivity (Wildman–Crippen MR) is 158 cm³/mol. The number of carbonyl (C=O) groups excluding carboxylic acids is 1. The summed E-state index contributed by atoms with van der Waals surface area (Å²) >= 11 is 5.31. The first kappa shape index (κ1) is 27.5. The number of halogens is 3. The Balaban J connectivity index is 1.48. The standard InChI is InChI=1S/C31H25F3N2O3S2/c32-31(33,34)21-10-6-17(7-11-21)22-12-8-19-14-20(9-13-23(19)35-22)28-27(18-4-2-1-3-5-18)29-24(36(28)16-26(37)40)15-25(41-29)30(38)39/h6-15,18H,1-5,16H2,(H,37,40)(H,38,39). The number of carbonyl (C=O) groups is 2. The number of thiophene rings is 1. The van der Waals surface area contributed by atoms with Crippen molar-refractivity contribution in [1.29, 1.82) is 0 Å². The van der Waals surface area contributed by atoms with Crippen LogP contribution in [-0.4, -0.2) is 25.7 Å². The molecular formula is C31H25F3N2O3S2. The van der Waals surface area contributed by atoms with Gasteiger partial charge in [0.1, 0.15) is 4.88 Å². The third-order valence-corrected chi connectivity index (χ3v) is 9.05. The molecule has 1 N–H and O–H groups in total. The van der Waals surface area contributed by atoms with Gasteiger partial charge in [-0.15, -0.1) is 24.0 Å². The lowest BCUT2D eigenvalue weighted by molar-refractivity contribution is -0.137. The highest BCUT2D eigenvalue weighted by molar-refractivity contribution is 7.96. The van der Waals surface area contributed by atoms with Gasteiger partial charge in [0.15, 0.2) is 0 Å². The second-order valence-corrected chi connectivity index (χ2v) is 11.9. The van der Waals surface area contributed by atoms with Crippen molar-refractivity contribution in [2.75, 3.05) is 0 Å². The highest BCUT2D eigenvalue weighted by atomic mass is 32.1. The van der Waals surface area contributed by atoms with E-state index in [0.29, 0.717) is 16.8 Å². The number of hydrogen-bond donors (Lipinski definition) is 2. The molecule has 0 aliphatic heterocycles. The summed E-state index contributed by atoms with van der Waals surface area (Å²) < 4.78 is 41.8. The van der Waals surface area contributed by atoms with Gasteiger partial charge in [0.25, 0.3) is 0 Å². The van der Waals surface area contributed by atoms with Gasteiger partial charge in [-0.2, -0.15) is 13.2 Å². The maximum absolute atomic E-state index is 13.0. The number of aromatic carboxylic acids is 1. The minimum absolute atomic E-state index is 0.000598. The average Bonchev–Trinajstić information content (AvgIpc) is 3.51. The summed E-state index contributed by atoms with van der Waals surface area (Å²) in [7, 11) is 0. The van der Waals surface area contributed by atoms with Crippen molar-refractivity contribution in [2.45, 2.75) is 50.7 Å². The van der Waals surface area contributed by atoms with Crippen LogP contribution in [0.5, 0.6) is 0 Å². The number of pyridine rings is 1. The number of benzene rings is 2. The Kier molecular flexibility index (Phi) is 7.15. The molecule has 5 nitrogen and oxygen atoms in total.